The highest BCUT2D eigenvalue weighted by Gasteiger charge is 2.26. The van der Waals surface area contributed by atoms with E-state index in [1.54, 1.807) is 12.0 Å². The molecule has 5 nitrogen and oxygen atoms in total. The van der Waals surface area contributed by atoms with Gasteiger partial charge in [0.1, 0.15) is 0 Å². The molecule has 26 heavy (non-hydrogen) atoms. The number of rotatable bonds is 3. The second-order valence-corrected chi connectivity index (χ2v) is 7.09. The summed E-state index contributed by atoms with van der Waals surface area (Å²) in [6.07, 6.45) is 6.38. The lowest BCUT2D eigenvalue weighted by atomic mass is 10.1. The molecule has 0 atom stereocenters. The lowest BCUT2D eigenvalue weighted by Crippen LogP contribution is -2.52. The number of carbonyl (C=O) groups is 1. The van der Waals surface area contributed by atoms with E-state index in [-0.39, 0.29) is 6.03 Å². The third kappa shape index (κ3) is 3.87. The van der Waals surface area contributed by atoms with E-state index < -0.39 is 0 Å². The zero-order valence-electron chi connectivity index (χ0n) is 16.3. The lowest BCUT2D eigenvalue weighted by molar-refractivity contribution is 0.164. The maximum atomic E-state index is 12.9. The van der Waals surface area contributed by atoms with E-state index in [1.807, 2.05) is 18.9 Å². The summed E-state index contributed by atoms with van der Waals surface area (Å²) in [6, 6.07) is 6.30. The molecule has 2 aliphatic rings. The molecule has 1 aromatic rings. The molecule has 0 aromatic heterocycles. The first-order chi connectivity index (χ1) is 12.5. The number of hydrogen-bond donors (Lipinski definition) is 0. The van der Waals surface area contributed by atoms with Gasteiger partial charge in [0.2, 0.25) is 0 Å². The number of aryl methyl sites for hydroxylation is 2. The van der Waals surface area contributed by atoms with Crippen molar-refractivity contribution >= 4 is 11.7 Å². The molecule has 1 fully saturated rings. The number of allylic oxidation sites excluding steroid dienone is 3. The number of nitrogens with zero attached hydrogens (tertiary/aromatic N) is 3. The van der Waals surface area contributed by atoms with Crippen molar-refractivity contribution in [3.8, 4) is 0 Å². The minimum absolute atomic E-state index is 0.0732. The van der Waals surface area contributed by atoms with Crippen LogP contribution < -0.4 is 4.90 Å². The first-order valence-corrected chi connectivity index (χ1v) is 9.29. The molecule has 140 valence electrons. The van der Waals surface area contributed by atoms with Gasteiger partial charge >= 0.3 is 6.03 Å². The molecule has 1 heterocycles. The molecule has 0 saturated carbocycles. The topological polar surface area (TPSA) is 36.0 Å². The standard InChI is InChI=1S/C21H29N3O2/c1-16-8-9-17(2)20(14-16)22(3)21(25)24-12-10-23(11-13-24)18-6-5-7-19(15-18)26-4/h6,8-9,14-15H,5,7,10-13H2,1-4H3. The molecule has 1 aliphatic carbocycles. The third-order valence-corrected chi connectivity index (χ3v) is 5.24. The van der Waals surface area contributed by atoms with Crippen molar-refractivity contribution in [2.45, 2.75) is 26.7 Å². The van der Waals surface area contributed by atoms with Crippen LogP contribution in [0, 0.1) is 13.8 Å². The van der Waals surface area contributed by atoms with Crippen LogP contribution in [0.25, 0.3) is 0 Å². The van der Waals surface area contributed by atoms with Gasteiger partial charge in [-0.05, 0) is 43.5 Å². The number of benzene rings is 1. The fourth-order valence-corrected chi connectivity index (χ4v) is 3.59. The Morgan fingerprint density at radius 2 is 1.88 bits per heavy atom. The molecule has 0 radical (unpaired) electrons. The maximum Gasteiger partial charge on any atom is 0.324 e. The zero-order valence-corrected chi connectivity index (χ0v) is 16.3. The first-order valence-electron chi connectivity index (χ1n) is 9.29. The number of ether oxygens (including phenoxy) is 1. The van der Waals surface area contributed by atoms with Crippen molar-refractivity contribution in [3.05, 3.63) is 52.9 Å². The van der Waals surface area contributed by atoms with Crippen LogP contribution in [0.2, 0.25) is 0 Å². The van der Waals surface area contributed by atoms with Gasteiger partial charge in [-0.25, -0.2) is 4.79 Å². The van der Waals surface area contributed by atoms with Crippen LogP contribution >= 0.6 is 0 Å². The van der Waals surface area contributed by atoms with Crippen molar-refractivity contribution in [2.75, 3.05) is 45.2 Å². The van der Waals surface area contributed by atoms with Crippen LogP contribution in [-0.4, -0.2) is 56.2 Å². The Labute approximate surface area is 156 Å². The average molecular weight is 355 g/mol. The van der Waals surface area contributed by atoms with Gasteiger partial charge < -0.3 is 14.5 Å². The van der Waals surface area contributed by atoms with Crippen LogP contribution in [0.5, 0.6) is 0 Å². The minimum Gasteiger partial charge on any atom is -0.501 e. The van der Waals surface area contributed by atoms with Gasteiger partial charge in [0.05, 0.1) is 12.9 Å². The smallest absolute Gasteiger partial charge is 0.324 e. The number of methoxy groups -OCH3 is 1. The summed E-state index contributed by atoms with van der Waals surface area (Å²) in [6.45, 7) is 7.28. The fourth-order valence-electron chi connectivity index (χ4n) is 3.59. The van der Waals surface area contributed by atoms with E-state index >= 15 is 0 Å². The molecule has 3 rings (SSSR count). The quantitative estimate of drug-likeness (QED) is 0.830. The molecule has 0 unspecified atom stereocenters. The van der Waals surface area contributed by atoms with E-state index in [1.165, 1.54) is 11.3 Å². The molecule has 0 spiro atoms. The van der Waals surface area contributed by atoms with Crippen LogP contribution in [-0.2, 0) is 4.74 Å². The van der Waals surface area contributed by atoms with Crippen LogP contribution in [0.4, 0.5) is 10.5 Å². The summed E-state index contributed by atoms with van der Waals surface area (Å²) in [5, 5.41) is 0. The van der Waals surface area contributed by atoms with Crippen LogP contribution in [0.1, 0.15) is 24.0 Å². The van der Waals surface area contributed by atoms with Crippen molar-refractivity contribution < 1.29 is 9.53 Å². The predicted molar refractivity (Wildman–Crippen MR) is 105 cm³/mol. The molecule has 2 amide bonds. The molecular weight excluding hydrogens is 326 g/mol. The monoisotopic (exact) mass is 355 g/mol. The zero-order chi connectivity index (χ0) is 18.7. The first kappa shape index (κ1) is 18.4. The van der Waals surface area contributed by atoms with Gasteiger partial charge in [-0.1, -0.05) is 18.2 Å². The molecule has 1 aliphatic heterocycles. The Morgan fingerprint density at radius 1 is 1.15 bits per heavy atom. The number of piperazine rings is 1. The van der Waals surface area contributed by atoms with Gasteiger partial charge in [0, 0.05) is 51.0 Å². The van der Waals surface area contributed by atoms with Crippen molar-refractivity contribution in [1.29, 1.82) is 0 Å². The summed E-state index contributed by atoms with van der Waals surface area (Å²) in [7, 11) is 3.60. The van der Waals surface area contributed by atoms with E-state index in [0.717, 1.165) is 56.0 Å². The second-order valence-electron chi connectivity index (χ2n) is 7.09. The van der Waals surface area contributed by atoms with Crippen molar-refractivity contribution in [2.24, 2.45) is 0 Å². The number of anilines is 1. The fraction of sp³-hybridized carbons (Fsp3) is 0.476. The highest BCUT2D eigenvalue weighted by Crippen LogP contribution is 2.24. The lowest BCUT2D eigenvalue weighted by Gasteiger charge is -2.39. The number of hydrogen-bond acceptors (Lipinski definition) is 3. The Balaban J connectivity index is 1.62. The average Bonchev–Trinajstić information content (AvgIpc) is 2.69. The third-order valence-electron chi connectivity index (χ3n) is 5.24. The number of urea groups is 1. The Morgan fingerprint density at radius 3 is 2.58 bits per heavy atom. The highest BCUT2D eigenvalue weighted by molar-refractivity contribution is 5.92. The van der Waals surface area contributed by atoms with Crippen molar-refractivity contribution in [1.82, 2.24) is 9.80 Å². The second kappa shape index (κ2) is 7.85. The SMILES string of the molecule is COC1=CC(N2CCN(C(=O)N(C)c3cc(C)ccc3C)CC2)=CCC1. The summed E-state index contributed by atoms with van der Waals surface area (Å²) >= 11 is 0. The molecular formula is C21H29N3O2. The van der Waals surface area contributed by atoms with Gasteiger partial charge in [-0.3, -0.25) is 4.90 Å². The molecule has 0 N–H and O–H groups in total. The van der Waals surface area contributed by atoms with E-state index in [9.17, 15) is 4.79 Å². The van der Waals surface area contributed by atoms with Gasteiger partial charge in [-0.2, -0.15) is 0 Å². The Bertz CT molecular complexity index is 731. The van der Waals surface area contributed by atoms with Crippen LogP contribution in [0.3, 0.4) is 0 Å². The van der Waals surface area contributed by atoms with Crippen LogP contribution in [0.15, 0.2) is 41.8 Å². The number of amides is 2. The van der Waals surface area contributed by atoms with E-state index in [2.05, 4.69) is 42.2 Å². The van der Waals surface area contributed by atoms with Gasteiger partial charge in [-0.15, -0.1) is 0 Å². The molecule has 1 saturated heterocycles. The van der Waals surface area contributed by atoms with E-state index in [4.69, 9.17) is 4.74 Å². The highest BCUT2D eigenvalue weighted by atomic mass is 16.5. The summed E-state index contributed by atoms with van der Waals surface area (Å²) < 4.78 is 5.40. The molecule has 5 heteroatoms. The number of carbonyl (C=O) groups excluding carboxylic acids is 1. The van der Waals surface area contributed by atoms with Gasteiger partial charge in [0.15, 0.2) is 0 Å². The van der Waals surface area contributed by atoms with Gasteiger partial charge in [0.25, 0.3) is 0 Å². The predicted octanol–water partition coefficient (Wildman–Crippen LogP) is 3.69. The summed E-state index contributed by atoms with van der Waals surface area (Å²) in [5.74, 6) is 1.04. The summed E-state index contributed by atoms with van der Waals surface area (Å²) in [5.41, 5.74) is 4.50. The minimum atomic E-state index is 0.0732. The maximum absolute atomic E-state index is 12.9. The Hall–Kier alpha value is -2.43. The Kier molecular flexibility index (Phi) is 5.55. The summed E-state index contributed by atoms with van der Waals surface area (Å²) in [4.78, 5) is 19.0. The largest absolute Gasteiger partial charge is 0.501 e. The van der Waals surface area contributed by atoms with Crippen molar-refractivity contribution in [3.63, 3.8) is 0 Å². The molecule has 0 bridgehead atoms. The molecule has 1 aromatic carbocycles. The van der Waals surface area contributed by atoms with E-state index in [0.29, 0.717) is 0 Å². The normalized spacial score (nSPS) is 17.5.